The average Bonchev–Trinajstić information content (AvgIpc) is 2.12. The number of ether oxygens (including phenoxy) is 2. The highest BCUT2D eigenvalue weighted by molar-refractivity contribution is 5.85. The molecule has 0 aliphatic carbocycles. The molecule has 0 bridgehead atoms. The van der Waals surface area contributed by atoms with Gasteiger partial charge in [-0.05, 0) is 6.42 Å². The molecule has 0 aliphatic rings. The summed E-state index contributed by atoms with van der Waals surface area (Å²) >= 11 is 0. The Morgan fingerprint density at radius 1 is 1.58 bits per heavy atom. The van der Waals surface area contributed by atoms with E-state index < -0.39 is 18.0 Å². The Hall–Kier alpha value is -1.32. The zero-order chi connectivity index (χ0) is 9.56. The van der Waals surface area contributed by atoms with Gasteiger partial charge in [0.1, 0.15) is 0 Å². The van der Waals surface area contributed by atoms with E-state index in [0.29, 0.717) is 6.42 Å². The highest BCUT2D eigenvalue weighted by Crippen LogP contribution is 2.00. The van der Waals surface area contributed by atoms with Crippen LogP contribution in [0.1, 0.15) is 13.3 Å². The van der Waals surface area contributed by atoms with Gasteiger partial charge in [0.2, 0.25) is 0 Å². The van der Waals surface area contributed by atoms with Crippen molar-refractivity contribution in [2.75, 3.05) is 7.11 Å². The minimum atomic E-state index is -0.819. The topological polar surface area (TPSA) is 52.6 Å². The van der Waals surface area contributed by atoms with Crippen molar-refractivity contribution in [1.29, 1.82) is 0 Å². The third kappa shape index (κ3) is 3.18. The highest BCUT2D eigenvalue weighted by atomic mass is 16.6. The third-order valence-electron chi connectivity index (χ3n) is 1.26. The van der Waals surface area contributed by atoms with E-state index in [9.17, 15) is 9.59 Å². The Bertz CT molecular complexity index is 185. The van der Waals surface area contributed by atoms with Crippen LogP contribution in [0.15, 0.2) is 12.7 Å². The predicted octanol–water partition coefficient (Wildman–Crippen LogP) is 0.667. The minimum absolute atomic E-state index is 0.395. The first kappa shape index (κ1) is 10.7. The van der Waals surface area contributed by atoms with Crippen LogP contribution in [0, 0.1) is 0 Å². The second-order valence-electron chi connectivity index (χ2n) is 2.06. The second-order valence-corrected chi connectivity index (χ2v) is 2.06. The lowest BCUT2D eigenvalue weighted by molar-refractivity contribution is -0.163. The third-order valence-corrected chi connectivity index (χ3v) is 1.26. The van der Waals surface area contributed by atoms with Crippen LogP contribution in [0.4, 0.5) is 0 Å². The zero-order valence-corrected chi connectivity index (χ0v) is 7.20. The molecule has 0 aromatic rings. The van der Waals surface area contributed by atoms with Crippen molar-refractivity contribution in [2.45, 2.75) is 19.4 Å². The fraction of sp³-hybridized carbons (Fsp3) is 0.500. The summed E-state index contributed by atoms with van der Waals surface area (Å²) in [6.45, 7) is 4.93. The molecule has 12 heavy (non-hydrogen) atoms. The lowest BCUT2D eigenvalue weighted by atomic mass is 10.3. The maximum Gasteiger partial charge on any atom is 0.347 e. The molecule has 1 unspecified atom stereocenters. The Labute approximate surface area is 71.2 Å². The van der Waals surface area contributed by atoms with E-state index in [4.69, 9.17) is 0 Å². The van der Waals surface area contributed by atoms with E-state index in [1.807, 2.05) is 0 Å². The van der Waals surface area contributed by atoms with Gasteiger partial charge in [-0.25, -0.2) is 9.59 Å². The molecule has 0 saturated heterocycles. The summed E-state index contributed by atoms with van der Waals surface area (Å²) in [5.41, 5.74) is 0. The monoisotopic (exact) mass is 172 g/mol. The lowest BCUT2D eigenvalue weighted by Gasteiger charge is -2.11. The van der Waals surface area contributed by atoms with Gasteiger partial charge < -0.3 is 9.47 Å². The molecule has 0 aromatic carbocycles. The Morgan fingerprint density at radius 2 is 2.17 bits per heavy atom. The fourth-order valence-electron chi connectivity index (χ4n) is 0.618. The standard InChI is InChI=1S/C8H12O4/c1-4-6(8(10)11-3)12-7(9)5-2/h5-6H,2,4H2,1,3H3. The summed E-state index contributed by atoms with van der Waals surface area (Å²) in [7, 11) is 1.24. The van der Waals surface area contributed by atoms with Crippen molar-refractivity contribution in [3.05, 3.63) is 12.7 Å². The van der Waals surface area contributed by atoms with E-state index in [1.54, 1.807) is 6.92 Å². The molecule has 0 radical (unpaired) electrons. The van der Waals surface area contributed by atoms with Crippen molar-refractivity contribution in [1.82, 2.24) is 0 Å². The smallest absolute Gasteiger partial charge is 0.347 e. The average molecular weight is 172 g/mol. The number of carbonyl (C=O) groups is 2. The van der Waals surface area contributed by atoms with Gasteiger partial charge in [0.25, 0.3) is 0 Å². The Kier molecular flexibility index (Phi) is 4.76. The summed E-state index contributed by atoms with van der Waals surface area (Å²) in [5.74, 6) is -1.17. The van der Waals surface area contributed by atoms with Crippen molar-refractivity contribution < 1.29 is 19.1 Å². The molecular weight excluding hydrogens is 160 g/mol. The van der Waals surface area contributed by atoms with E-state index in [-0.39, 0.29) is 0 Å². The molecule has 0 aliphatic heterocycles. The minimum Gasteiger partial charge on any atom is -0.466 e. The molecule has 0 spiro atoms. The summed E-state index contributed by atoms with van der Waals surface area (Å²) < 4.78 is 9.07. The van der Waals surface area contributed by atoms with Crippen molar-refractivity contribution in [3.63, 3.8) is 0 Å². The van der Waals surface area contributed by atoms with Gasteiger partial charge in [-0.2, -0.15) is 0 Å². The molecule has 0 fully saturated rings. The number of methoxy groups -OCH3 is 1. The van der Waals surface area contributed by atoms with Gasteiger partial charge in [-0.3, -0.25) is 0 Å². The highest BCUT2D eigenvalue weighted by Gasteiger charge is 2.19. The molecular formula is C8H12O4. The molecule has 0 saturated carbocycles. The molecule has 0 aromatic heterocycles. The van der Waals surface area contributed by atoms with Gasteiger partial charge in [0, 0.05) is 6.08 Å². The normalized spacial score (nSPS) is 11.5. The number of rotatable bonds is 4. The van der Waals surface area contributed by atoms with Crippen LogP contribution >= 0.6 is 0 Å². The lowest BCUT2D eigenvalue weighted by Crippen LogP contribution is -2.26. The van der Waals surface area contributed by atoms with Crippen LogP contribution < -0.4 is 0 Å². The van der Waals surface area contributed by atoms with Crippen LogP contribution in [-0.4, -0.2) is 25.2 Å². The number of carbonyl (C=O) groups excluding carboxylic acids is 2. The van der Waals surface area contributed by atoms with Gasteiger partial charge in [0.05, 0.1) is 7.11 Å². The largest absolute Gasteiger partial charge is 0.466 e. The van der Waals surface area contributed by atoms with Crippen LogP contribution in [-0.2, 0) is 19.1 Å². The molecule has 4 heteroatoms. The summed E-state index contributed by atoms with van der Waals surface area (Å²) in [5, 5.41) is 0. The van der Waals surface area contributed by atoms with E-state index in [2.05, 4.69) is 16.1 Å². The van der Waals surface area contributed by atoms with Gasteiger partial charge >= 0.3 is 11.9 Å². The summed E-state index contributed by atoms with van der Waals surface area (Å²) in [4.78, 5) is 21.5. The van der Waals surface area contributed by atoms with Crippen LogP contribution in [0.2, 0.25) is 0 Å². The van der Waals surface area contributed by atoms with Crippen LogP contribution in [0.25, 0.3) is 0 Å². The summed E-state index contributed by atoms with van der Waals surface area (Å²) in [6.07, 6.45) is 0.582. The zero-order valence-electron chi connectivity index (χ0n) is 7.20. The van der Waals surface area contributed by atoms with Crippen molar-refractivity contribution >= 4 is 11.9 Å². The Balaban J connectivity index is 4.07. The quantitative estimate of drug-likeness (QED) is 0.462. The first-order valence-corrected chi connectivity index (χ1v) is 3.56. The van der Waals surface area contributed by atoms with Crippen LogP contribution in [0.5, 0.6) is 0 Å². The first-order chi connectivity index (χ1) is 5.65. The first-order valence-electron chi connectivity index (χ1n) is 3.56. The van der Waals surface area contributed by atoms with E-state index in [1.165, 1.54) is 7.11 Å². The fourth-order valence-corrected chi connectivity index (χ4v) is 0.618. The number of hydrogen-bond acceptors (Lipinski definition) is 4. The van der Waals surface area contributed by atoms with Crippen LogP contribution in [0.3, 0.4) is 0 Å². The van der Waals surface area contributed by atoms with Gasteiger partial charge in [0.15, 0.2) is 6.10 Å². The number of hydrogen-bond donors (Lipinski definition) is 0. The molecule has 1 atom stereocenters. The van der Waals surface area contributed by atoms with Gasteiger partial charge in [-0.1, -0.05) is 13.5 Å². The molecule has 0 rings (SSSR count). The summed E-state index contributed by atoms with van der Waals surface area (Å²) in [6, 6.07) is 0. The van der Waals surface area contributed by atoms with Crippen molar-refractivity contribution in [3.8, 4) is 0 Å². The van der Waals surface area contributed by atoms with E-state index in [0.717, 1.165) is 6.08 Å². The molecule has 4 nitrogen and oxygen atoms in total. The second kappa shape index (κ2) is 5.35. The SMILES string of the molecule is C=CC(=O)OC(CC)C(=O)OC. The molecule has 0 heterocycles. The maximum absolute atomic E-state index is 10.9. The van der Waals surface area contributed by atoms with Crippen molar-refractivity contribution in [2.24, 2.45) is 0 Å². The molecule has 0 amide bonds. The maximum atomic E-state index is 10.9. The van der Waals surface area contributed by atoms with Gasteiger partial charge in [-0.15, -0.1) is 0 Å². The predicted molar refractivity (Wildman–Crippen MR) is 42.4 cm³/mol. The molecule has 0 N–H and O–H groups in total. The molecule has 68 valence electrons. The van der Waals surface area contributed by atoms with E-state index >= 15 is 0 Å². The number of esters is 2. The Morgan fingerprint density at radius 3 is 2.50 bits per heavy atom.